The van der Waals surface area contributed by atoms with Crippen molar-refractivity contribution in [3.63, 3.8) is 0 Å². The van der Waals surface area contributed by atoms with Crippen LogP contribution in [0.5, 0.6) is 5.75 Å². The topological polar surface area (TPSA) is 49.8 Å². The highest BCUT2D eigenvalue weighted by Crippen LogP contribution is 2.40. The van der Waals surface area contributed by atoms with Gasteiger partial charge >= 0.3 is 5.97 Å². The Hall–Kier alpha value is -1.56. The summed E-state index contributed by atoms with van der Waals surface area (Å²) < 4.78 is 6.82. The molecular formula is C21H23BrClNO3. The standard InChI is InChI=1S/C21H23BrClNO3/c1-2-27-19-11-8-15(22)13-17(19)20(14-6-9-16(23)10-7-14)24-12-4-3-5-18(24)21(25)26/h6-11,13,18,20H,2-5,12H2,1H3,(H,25,26). The minimum absolute atomic E-state index is 0.220. The molecule has 0 bridgehead atoms. The summed E-state index contributed by atoms with van der Waals surface area (Å²) in [5, 5.41) is 10.5. The summed E-state index contributed by atoms with van der Waals surface area (Å²) in [5.74, 6) is -0.00279. The van der Waals surface area contributed by atoms with E-state index in [0.29, 0.717) is 18.1 Å². The zero-order valence-electron chi connectivity index (χ0n) is 15.2. The molecule has 0 spiro atoms. The molecule has 0 radical (unpaired) electrons. The Morgan fingerprint density at radius 1 is 1.30 bits per heavy atom. The van der Waals surface area contributed by atoms with Crippen LogP contribution in [0.2, 0.25) is 5.02 Å². The van der Waals surface area contributed by atoms with Gasteiger partial charge in [0.1, 0.15) is 11.8 Å². The third kappa shape index (κ3) is 4.65. The van der Waals surface area contributed by atoms with Gasteiger partial charge in [-0.15, -0.1) is 0 Å². The predicted molar refractivity (Wildman–Crippen MR) is 111 cm³/mol. The first-order chi connectivity index (χ1) is 13.0. The molecule has 3 rings (SSSR count). The largest absolute Gasteiger partial charge is 0.494 e. The number of carboxylic acids is 1. The van der Waals surface area contributed by atoms with E-state index in [1.807, 2.05) is 49.4 Å². The van der Waals surface area contributed by atoms with Crippen molar-refractivity contribution in [2.75, 3.05) is 13.2 Å². The molecule has 4 nitrogen and oxygen atoms in total. The summed E-state index contributed by atoms with van der Waals surface area (Å²) in [6.07, 6.45) is 2.56. The first-order valence-corrected chi connectivity index (χ1v) is 10.3. The molecule has 6 heteroatoms. The van der Waals surface area contributed by atoms with E-state index in [9.17, 15) is 9.90 Å². The van der Waals surface area contributed by atoms with Gasteiger partial charge in [0.2, 0.25) is 0 Å². The molecule has 1 aliphatic rings. The van der Waals surface area contributed by atoms with Gasteiger partial charge in [0.15, 0.2) is 0 Å². The van der Waals surface area contributed by atoms with Gasteiger partial charge in [0, 0.05) is 15.1 Å². The molecule has 2 atom stereocenters. The number of piperidine rings is 1. The van der Waals surface area contributed by atoms with E-state index < -0.39 is 12.0 Å². The van der Waals surface area contributed by atoms with Crippen LogP contribution in [-0.4, -0.2) is 35.2 Å². The molecule has 2 unspecified atom stereocenters. The van der Waals surface area contributed by atoms with Gasteiger partial charge in [0.25, 0.3) is 0 Å². The van der Waals surface area contributed by atoms with E-state index in [1.54, 1.807) is 0 Å². The predicted octanol–water partition coefficient (Wildman–Crippen LogP) is 5.53. The number of benzene rings is 2. The Labute approximate surface area is 173 Å². The van der Waals surface area contributed by atoms with Crippen LogP contribution in [0.15, 0.2) is 46.9 Å². The summed E-state index contributed by atoms with van der Waals surface area (Å²) >= 11 is 9.65. The number of likely N-dealkylation sites (tertiary alicyclic amines) is 1. The fourth-order valence-corrected chi connectivity index (χ4v) is 4.25. The molecule has 1 heterocycles. The van der Waals surface area contributed by atoms with Crippen molar-refractivity contribution < 1.29 is 14.6 Å². The second-order valence-corrected chi connectivity index (χ2v) is 8.01. The van der Waals surface area contributed by atoms with Crippen LogP contribution >= 0.6 is 27.5 Å². The highest BCUT2D eigenvalue weighted by Gasteiger charge is 2.36. The third-order valence-corrected chi connectivity index (χ3v) is 5.66. The quantitative estimate of drug-likeness (QED) is 0.626. The number of carboxylic acid groups (broad SMARTS) is 1. The Kier molecular flexibility index (Phi) is 6.79. The van der Waals surface area contributed by atoms with Crippen LogP contribution in [0.1, 0.15) is 43.4 Å². The number of hydrogen-bond acceptors (Lipinski definition) is 3. The van der Waals surface area contributed by atoms with E-state index >= 15 is 0 Å². The summed E-state index contributed by atoms with van der Waals surface area (Å²) in [6.45, 7) is 3.22. The number of carbonyl (C=O) groups is 1. The fourth-order valence-electron chi connectivity index (χ4n) is 3.74. The van der Waals surface area contributed by atoms with Crippen molar-refractivity contribution in [1.82, 2.24) is 4.90 Å². The molecule has 0 aliphatic carbocycles. The van der Waals surface area contributed by atoms with Crippen LogP contribution < -0.4 is 4.74 Å². The zero-order valence-corrected chi connectivity index (χ0v) is 17.5. The van der Waals surface area contributed by atoms with Gasteiger partial charge in [-0.05, 0) is 62.2 Å². The highest BCUT2D eigenvalue weighted by atomic mass is 79.9. The maximum Gasteiger partial charge on any atom is 0.320 e. The summed E-state index contributed by atoms with van der Waals surface area (Å²) in [4.78, 5) is 14.0. The third-order valence-electron chi connectivity index (χ3n) is 4.91. The lowest BCUT2D eigenvalue weighted by atomic mass is 9.91. The number of hydrogen-bond donors (Lipinski definition) is 1. The minimum atomic E-state index is -0.776. The lowest BCUT2D eigenvalue weighted by molar-refractivity contribution is -0.145. The van der Waals surface area contributed by atoms with E-state index in [0.717, 1.165) is 40.7 Å². The Morgan fingerprint density at radius 2 is 2.04 bits per heavy atom. The molecule has 2 aromatic rings. The van der Waals surface area contributed by atoms with E-state index in [1.165, 1.54) is 0 Å². The number of ether oxygens (including phenoxy) is 1. The van der Waals surface area contributed by atoms with Gasteiger partial charge < -0.3 is 9.84 Å². The first-order valence-electron chi connectivity index (χ1n) is 9.17. The molecule has 0 saturated carbocycles. The number of aliphatic carboxylic acids is 1. The van der Waals surface area contributed by atoms with Crippen molar-refractivity contribution in [1.29, 1.82) is 0 Å². The van der Waals surface area contributed by atoms with Crippen molar-refractivity contribution in [3.8, 4) is 5.75 Å². The molecule has 1 aliphatic heterocycles. The molecule has 0 amide bonds. The second kappa shape index (κ2) is 9.09. The number of rotatable bonds is 6. The van der Waals surface area contributed by atoms with Crippen LogP contribution in [0.3, 0.4) is 0 Å². The van der Waals surface area contributed by atoms with Gasteiger partial charge in [-0.25, -0.2) is 0 Å². The Morgan fingerprint density at radius 3 is 2.70 bits per heavy atom. The Bertz CT molecular complexity index is 797. The van der Waals surface area contributed by atoms with Crippen molar-refractivity contribution >= 4 is 33.5 Å². The average Bonchev–Trinajstić information content (AvgIpc) is 2.66. The lowest BCUT2D eigenvalue weighted by Crippen LogP contribution is -2.46. The number of halogens is 2. The van der Waals surface area contributed by atoms with Crippen LogP contribution in [0, 0.1) is 0 Å². The van der Waals surface area contributed by atoms with Crippen molar-refractivity contribution in [2.24, 2.45) is 0 Å². The SMILES string of the molecule is CCOc1ccc(Br)cc1C(c1ccc(Cl)cc1)N1CCCCC1C(=O)O. The van der Waals surface area contributed by atoms with Crippen molar-refractivity contribution in [2.45, 2.75) is 38.3 Å². The fraction of sp³-hybridized carbons (Fsp3) is 0.381. The Balaban J connectivity index is 2.14. The molecule has 1 fully saturated rings. The number of nitrogens with zero attached hydrogens (tertiary/aromatic N) is 1. The molecule has 1 N–H and O–H groups in total. The van der Waals surface area contributed by atoms with Crippen molar-refractivity contribution in [3.05, 3.63) is 63.1 Å². The molecule has 1 saturated heterocycles. The lowest BCUT2D eigenvalue weighted by Gasteiger charge is -2.40. The molecular weight excluding hydrogens is 430 g/mol. The monoisotopic (exact) mass is 451 g/mol. The van der Waals surface area contributed by atoms with Crippen LogP contribution in [-0.2, 0) is 4.79 Å². The normalized spacial score (nSPS) is 18.9. The van der Waals surface area contributed by atoms with E-state index in [-0.39, 0.29) is 6.04 Å². The summed E-state index contributed by atoms with van der Waals surface area (Å²) in [5.41, 5.74) is 1.97. The maximum atomic E-state index is 12.0. The maximum absolute atomic E-state index is 12.0. The van der Waals surface area contributed by atoms with Gasteiger partial charge in [-0.1, -0.05) is 46.1 Å². The minimum Gasteiger partial charge on any atom is -0.494 e. The van der Waals surface area contributed by atoms with Gasteiger partial charge in [0.05, 0.1) is 12.6 Å². The summed E-state index contributed by atoms with van der Waals surface area (Å²) in [7, 11) is 0. The second-order valence-electron chi connectivity index (χ2n) is 6.66. The van der Waals surface area contributed by atoms with Crippen LogP contribution in [0.25, 0.3) is 0 Å². The summed E-state index contributed by atoms with van der Waals surface area (Å²) in [6, 6.07) is 12.8. The van der Waals surface area contributed by atoms with Crippen LogP contribution in [0.4, 0.5) is 0 Å². The smallest absolute Gasteiger partial charge is 0.320 e. The molecule has 2 aromatic carbocycles. The van der Waals surface area contributed by atoms with E-state index in [2.05, 4.69) is 20.8 Å². The van der Waals surface area contributed by atoms with Gasteiger partial charge in [-0.2, -0.15) is 0 Å². The first kappa shape index (κ1) is 20.2. The van der Waals surface area contributed by atoms with Gasteiger partial charge in [-0.3, -0.25) is 9.69 Å². The zero-order chi connectivity index (χ0) is 19.4. The highest BCUT2D eigenvalue weighted by molar-refractivity contribution is 9.10. The molecule has 27 heavy (non-hydrogen) atoms. The average molecular weight is 453 g/mol. The molecule has 144 valence electrons. The van der Waals surface area contributed by atoms with E-state index in [4.69, 9.17) is 16.3 Å². The molecule has 0 aromatic heterocycles.